The minimum absolute atomic E-state index is 0.307. The average Bonchev–Trinajstić information content (AvgIpc) is 2.76. The van der Waals surface area contributed by atoms with Crippen LogP contribution in [0.1, 0.15) is 24.4 Å². The van der Waals surface area contributed by atoms with E-state index in [9.17, 15) is 8.78 Å². The van der Waals surface area contributed by atoms with Gasteiger partial charge in [-0.1, -0.05) is 6.07 Å². The number of nitrogens with two attached hydrogens (primary N) is 1. The van der Waals surface area contributed by atoms with Crippen molar-refractivity contribution in [2.45, 2.75) is 25.9 Å². The summed E-state index contributed by atoms with van der Waals surface area (Å²) >= 11 is 0. The molecular formula is C13H15F2N3. The Hall–Kier alpha value is -1.75. The zero-order chi connectivity index (χ0) is 13.1. The normalized spacial score (nSPS) is 12.7. The third-order valence-corrected chi connectivity index (χ3v) is 2.91. The summed E-state index contributed by atoms with van der Waals surface area (Å²) in [7, 11) is 0. The first kappa shape index (κ1) is 12.7. The molecule has 1 unspecified atom stereocenters. The van der Waals surface area contributed by atoms with E-state index in [1.54, 1.807) is 6.20 Å². The van der Waals surface area contributed by atoms with Crippen molar-refractivity contribution in [2.24, 2.45) is 5.73 Å². The summed E-state index contributed by atoms with van der Waals surface area (Å²) in [5.74, 6) is -0.413. The van der Waals surface area contributed by atoms with Gasteiger partial charge in [0.15, 0.2) is 0 Å². The summed E-state index contributed by atoms with van der Waals surface area (Å²) in [5.41, 5.74) is 6.25. The Kier molecular flexibility index (Phi) is 3.72. The van der Waals surface area contributed by atoms with Gasteiger partial charge in [0, 0.05) is 43.0 Å². The van der Waals surface area contributed by atoms with E-state index in [1.807, 2.05) is 17.7 Å². The van der Waals surface area contributed by atoms with Crippen LogP contribution in [0.2, 0.25) is 0 Å². The van der Waals surface area contributed by atoms with Crippen molar-refractivity contribution in [3.63, 3.8) is 0 Å². The molecule has 0 fully saturated rings. The van der Waals surface area contributed by atoms with Crippen molar-refractivity contribution < 1.29 is 8.78 Å². The lowest BCUT2D eigenvalue weighted by Gasteiger charge is -2.13. The molecule has 0 saturated carbocycles. The Bertz CT molecular complexity index is 537. The quantitative estimate of drug-likeness (QED) is 0.907. The zero-order valence-electron chi connectivity index (χ0n) is 10.1. The van der Waals surface area contributed by atoms with Crippen LogP contribution >= 0.6 is 0 Å². The zero-order valence-corrected chi connectivity index (χ0v) is 10.1. The Morgan fingerprint density at radius 1 is 1.39 bits per heavy atom. The van der Waals surface area contributed by atoms with Crippen LogP contribution in [0.15, 0.2) is 30.6 Å². The summed E-state index contributed by atoms with van der Waals surface area (Å²) < 4.78 is 28.3. The Morgan fingerprint density at radius 3 is 2.83 bits per heavy atom. The predicted molar refractivity (Wildman–Crippen MR) is 64.9 cm³/mol. The number of rotatable bonds is 4. The van der Waals surface area contributed by atoms with E-state index in [0.717, 1.165) is 18.4 Å². The van der Waals surface area contributed by atoms with Gasteiger partial charge in [-0.2, -0.15) is 0 Å². The van der Waals surface area contributed by atoms with Crippen LogP contribution in [0.25, 0.3) is 0 Å². The molecule has 1 heterocycles. The Morgan fingerprint density at radius 2 is 2.17 bits per heavy atom. The Balaban J connectivity index is 2.19. The van der Waals surface area contributed by atoms with Gasteiger partial charge in [-0.15, -0.1) is 0 Å². The van der Waals surface area contributed by atoms with Gasteiger partial charge in [0.2, 0.25) is 0 Å². The van der Waals surface area contributed by atoms with Gasteiger partial charge < -0.3 is 10.3 Å². The molecule has 0 saturated heterocycles. The van der Waals surface area contributed by atoms with Crippen molar-refractivity contribution in [3.05, 3.63) is 53.6 Å². The van der Waals surface area contributed by atoms with Crippen LogP contribution in [0.3, 0.4) is 0 Å². The fourth-order valence-corrected chi connectivity index (χ4v) is 1.93. The molecular weight excluding hydrogens is 236 g/mol. The molecule has 2 N–H and O–H groups in total. The third kappa shape index (κ3) is 2.56. The van der Waals surface area contributed by atoms with Gasteiger partial charge in [0.1, 0.15) is 17.5 Å². The average molecular weight is 251 g/mol. The van der Waals surface area contributed by atoms with Gasteiger partial charge in [0.25, 0.3) is 0 Å². The smallest absolute Gasteiger partial charge is 0.130 e. The molecule has 0 spiro atoms. The number of aromatic nitrogens is 2. The van der Waals surface area contributed by atoms with Crippen molar-refractivity contribution >= 4 is 0 Å². The van der Waals surface area contributed by atoms with Gasteiger partial charge in [-0.05, 0) is 13.0 Å². The standard InChI is InChI=1S/C13H15F2N3/c1-2-18-6-5-17-13(18)8-12(16)10-4-3-9(14)7-11(10)15/h3-7,12H,2,8,16H2,1H3. The number of benzene rings is 1. The number of halogens is 2. The highest BCUT2D eigenvalue weighted by molar-refractivity contribution is 5.22. The number of imidazole rings is 1. The fraction of sp³-hybridized carbons (Fsp3) is 0.308. The SMILES string of the molecule is CCn1ccnc1CC(N)c1ccc(F)cc1F. The molecule has 2 rings (SSSR count). The van der Waals surface area contributed by atoms with Gasteiger partial charge in [-0.25, -0.2) is 13.8 Å². The van der Waals surface area contributed by atoms with E-state index in [1.165, 1.54) is 12.1 Å². The van der Waals surface area contributed by atoms with Crippen LogP contribution in [-0.4, -0.2) is 9.55 Å². The van der Waals surface area contributed by atoms with Crippen molar-refractivity contribution in [2.75, 3.05) is 0 Å². The summed E-state index contributed by atoms with van der Waals surface area (Å²) in [6.07, 6.45) is 3.96. The predicted octanol–water partition coefficient (Wildman–Crippen LogP) is 2.42. The van der Waals surface area contributed by atoms with Crippen LogP contribution in [0, 0.1) is 11.6 Å². The third-order valence-electron chi connectivity index (χ3n) is 2.91. The summed E-state index contributed by atoms with van der Waals surface area (Å²) in [6.45, 7) is 2.78. The highest BCUT2D eigenvalue weighted by Gasteiger charge is 2.15. The van der Waals surface area contributed by atoms with Crippen LogP contribution in [-0.2, 0) is 13.0 Å². The lowest BCUT2D eigenvalue weighted by Crippen LogP contribution is -2.17. The molecule has 1 atom stereocenters. The number of hydrogen-bond donors (Lipinski definition) is 1. The van der Waals surface area contributed by atoms with E-state index in [-0.39, 0.29) is 0 Å². The van der Waals surface area contributed by atoms with Gasteiger partial charge in [0.05, 0.1) is 0 Å². The molecule has 0 aliphatic rings. The van der Waals surface area contributed by atoms with Gasteiger partial charge in [-0.3, -0.25) is 0 Å². The van der Waals surface area contributed by atoms with Crippen LogP contribution < -0.4 is 5.73 Å². The minimum atomic E-state index is -0.614. The van der Waals surface area contributed by atoms with E-state index >= 15 is 0 Å². The molecule has 2 aromatic rings. The molecule has 96 valence electrons. The molecule has 1 aromatic heterocycles. The number of nitrogens with zero attached hydrogens (tertiary/aromatic N) is 2. The number of hydrogen-bond acceptors (Lipinski definition) is 2. The van der Waals surface area contributed by atoms with Gasteiger partial charge >= 0.3 is 0 Å². The number of aryl methyl sites for hydroxylation is 1. The topological polar surface area (TPSA) is 43.8 Å². The maximum absolute atomic E-state index is 13.6. The van der Waals surface area contributed by atoms with E-state index < -0.39 is 17.7 Å². The minimum Gasteiger partial charge on any atom is -0.335 e. The molecule has 0 amide bonds. The maximum atomic E-state index is 13.6. The van der Waals surface area contributed by atoms with Crippen molar-refractivity contribution in [3.8, 4) is 0 Å². The van der Waals surface area contributed by atoms with E-state index in [2.05, 4.69) is 4.98 Å². The first-order valence-electron chi connectivity index (χ1n) is 5.82. The van der Waals surface area contributed by atoms with Crippen LogP contribution in [0.5, 0.6) is 0 Å². The summed E-state index contributed by atoms with van der Waals surface area (Å²) in [6, 6.07) is 2.92. The largest absolute Gasteiger partial charge is 0.335 e. The lowest BCUT2D eigenvalue weighted by molar-refractivity contribution is 0.545. The summed E-state index contributed by atoms with van der Waals surface area (Å²) in [5, 5.41) is 0. The summed E-state index contributed by atoms with van der Waals surface area (Å²) in [4.78, 5) is 4.19. The molecule has 3 nitrogen and oxygen atoms in total. The monoisotopic (exact) mass is 251 g/mol. The van der Waals surface area contributed by atoms with Crippen molar-refractivity contribution in [1.82, 2.24) is 9.55 Å². The molecule has 0 aliphatic carbocycles. The second-order valence-electron chi connectivity index (χ2n) is 4.11. The maximum Gasteiger partial charge on any atom is 0.130 e. The molecule has 1 aromatic carbocycles. The second kappa shape index (κ2) is 5.27. The van der Waals surface area contributed by atoms with E-state index in [4.69, 9.17) is 5.73 Å². The van der Waals surface area contributed by atoms with E-state index in [0.29, 0.717) is 12.0 Å². The highest BCUT2D eigenvalue weighted by atomic mass is 19.1. The molecule has 0 aliphatic heterocycles. The van der Waals surface area contributed by atoms with Crippen LogP contribution in [0.4, 0.5) is 8.78 Å². The molecule has 0 bridgehead atoms. The Labute approximate surface area is 104 Å². The molecule has 5 heteroatoms. The molecule has 0 radical (unpaired) electrons. The van der Waals surface area contributed by atoms with Crippen molar-refractivity contribution in [1.29, 1.82) is 0 Å². The fourth-order valence-electron chi connectivity index (χ4n) is 1.93. The lowest BCUT2D eigenvalue weighted by atomic mass is 10.0. The molecule has 18 heavy (non-hydrogen) atoms. The first-order chi connectivity index (χ1) is 8.61. The second-order valence-corrected chi connectivity index (χ2v) is 4.11. The highest BCUT2D eigenvalue weighted by Crippen LogP contribution is 2.19. The first-order valence-corrected chi connectivity index (χ1v) is 5.82.